The molecular weight excluding hydrogens is 292 g/mol. The summed E-state index contributed by atoms with van der Waals surface area (Å²) in [5.41, 5.74) is 0.873. The molecule has 0 unspecified atom stereocenters. The maximum Gasteiger partial charge on any atom is 0.316 e. The van der Waals surface area contributed by atoms with Crippen LogP contribution in [0.3, 0.4) is 0 Å². The zero-order chi connectivity index (χ0) is 16.7. The number of amides is 1. The third-order valence-electron chi connectivity index (χ3n) is 3.95. The summed E-state index contributed by atoms with van der Waals surface area (Å²) in [4.78, 5) is 24.1. The van der Waals surface area contributed by atoms with Crippen LogP contribution in [0.4, 0.5) is 0 Å². The lowest BCUT2D eigenvalue weighted by molar-refractivity contribution is -0.139. The predicted octanol–water partition coefficient (Wildman–Crippen LogP) is 3.17. The van der Waals surface area contributed by atoms with Crippen molar-refractivity contribution in [1.29, 1.82) is 0 Å². The maximum absolute atomic E-state index is 12.1. The van der Waals surface area contributed by atoms with Crippen LogP contribution in [0.15, 0.2) is 29.4 Å². The first-order chi connectivity index (χ1) is 11.2. The highest BCUT2D eigenvalue weighted by atomic mass is 16.5. The quantitative estimate of drug-likeness (QED) is 0.519. The van der Waals surface area contributed by atoms with Crippen molar-refractivity contribution in [2.45, 2.75) is 45.4 Å². The molecule has 1 aliphatic rings. The Morgan fingerprint density at radius 1 is 1.00 bits per heavy atom. The third-order valence-corrected chi connectivity index (χ3v) is 3.95. The highest BCUT2D eigenvalue weighted by Crippen LogP contribution is 2.17. The number of ketones is 1. The molecule has 0 aliphatic carbocycles. The molecule has 124 valence electrons. The van der Waals surface area contributed by atoms with E-state index in [4.69, 9.17) is 4.74 Å². The number of hydrazone groups is 1. The van der Waals surface area contributed by atoms with E-state index in [1.165, 1.54) is 30.7 Å². The lowest BCUT2D eigenvalue weighted by Gasteiger charge is -2.09. The SMILES string of the molecule is CCCCCCCCN1N=C(c2ccc(OC)cc2)C(=O)C1=O. The molecule has 0 saturated heterocycles. The Kier molecular flexibility index (Phi) is 6.32. The average Bonchev–Trinajstić information content (AvgIpc) is 2.86. The molecular formula is C18H24N2O3. The van der Waals surface area contributed by atoms with E-state index in [1.807, 2.05) is 0 Å². The van der Waals surface area contributed by atoms with Crippen LogP contribution in [0.5, 0.6) is 5.75 Å². The predicted molar refractivity (Wildman–Crippen MR) is 89.6 cm³/mol. The number of hydrogen-bond acceptors (Lipinski definition) is 4. The summed E-state index contributed by atoms with van der Waals surface area (Å²) in [6, 6.07) is 7.01. The van der Waals surface area contributed by atoms with Crippen molar-refractivity contribution in [3.05, 3.63) is 29.8 Å². The topological polar surface area (TPSA) is 59.0 Å². The molecule has 1 amide bonds. The highest BCUT2D eigenvalue weighted by molar-refractivity contribution is 6.69. The molecule has 5 heteroatoms. The fraction of sp³-hybridized carbons (Fsp3) is 0.500. The normalized spacial score (nSPS) is 14.3. The number of Topliss-reactive ketones (excluding diaryl/α,β-unsaturated/α-hetero) is 1. The first kappa shape index (κ1) is 17.2. The molecule has 0 fully saturated rings. The van der Waals surface area contributed by atoms with Gasteiger partial charge < -0.3 is 4.74 Å². The van der Waals surface area contributed by atoms with Crippen molar-refractivity contribution < 1.29 is 14.3 Å². The van der Waals surface area contributed by atoms with Crippen molar-refractivity contribution in [3.63, 3.8) is 0 Å². The number of ether oxygens (including phenoxy) is 1. The number of carbonyl (C=O) groups excluding carboxylic acids is 2. The number of nitrogens with zero attached hydrogens (tertiary/aromatic N) is 2. The van der Waals surface area contributed by atoms with Gasteiger partial charge in [0.15, 0.2) is 0 Å². The molecule has 0 spiro atoms. The first-order valence-corrected chi connectivity index (χ1v) is 8.26. The van der Waals surface area contributed by atoms with Crippen LogP contribution in [0.25, 0.3) is 0 Å². The van der Waals surface area contributed by atoms with Gasteiger partial charge in [0.05, 0.1) is 7.11 Å². The van der Waals surface area contributed by atoms with Gasteiger partial charge in [-0.2, -0.15) is 5.10 Å². The van der Waals surface area contributed by atoms with E-state index in [9.17, 15) is 9.59 Å². The zero-order valence-electron chi connectivity index (χ0n) is 13.9. The zero-order valence-corrected chi connectivity index (χ0v) is 13.9. The van der Waals surface area contributed by atoms with Gasteiger partial charge in [0.25, 0.3) is 5.78 Å². The summed E-state index contributed by atoms with van der Waals surface area (Å²) < 4.78 is 5.09. The van der Waals surface area contributed by atoms with Gasteiger partial charge in [-0.15, -0.1) is 0 Å². The molecule has 1 aliphatic heterocycles. The van der Waals surface area contributed by atoms with Gasteiger partial charge in [0, 0.05) is 12.1 Å². The number of rotatable bonds is 9. The Morgan fingerprint density at radius 3 is 2.30 bits per heavy atom. The summed E-state index contributed by atoms with van der Waals surface area (Å²) >= 11 is 0. The van der Waals surface area contributed by atoms with Gasteiger partial charge in [-0.1, -0.05) is 39.0 Å². The van der Waals surface area contributed by atoms with E-state index in [0.717, 1.165) is 12.8 Å². The molecule has 5 nitrogen and oxygen atoms in total. The second-order valence-corrected chi connectivity index (χ2v) is 5.70. The van der Waals surface area contributed by atoms with Gasteiger partial charge in [0.2, 0.25) is 0 Å². The van der Waals surface area contributed by atoms with E-state index >= 15 is 0 Å². The Morgan fingerprint density at radius 2 is 1.65 bits per heavy atom. The molecule has 1 aromatic carbocycles. The molecule has 23 heavy (non-hydrogen) atoms. The van der Waals surface area contributed by atoms with Gasteiger partial charge in [-0.05, 0) is 30.7 Å². The number of unbranched alkanes of at least 4 members (excludes halogenated alkanes) is 5. The third kappa shape index (κ3) is 4.41. The second kappa shape index (κ2) is 8.46. The Balaban J connectivity index is 1.92. The number of carbonyl (C=O) groups is 2. The van der Waals surface area contributed by atoms with E-state index in [1.54, 1.807) is 31.4 Å². The Labute approximate surface area is 137 Å². The molecule has 1 aromatic rings. The molecule has 0 bridgehead atoms. The lowest BCUT2D eigenvalue weighted by atomic mass is 10.1. The number of hydrogen-bond donors (Lipinski definition) is 0. The van der Waals surface area contributed by atoms with Crippen LogP contribution < -0.4 is 4.74 Å². The Hall–Kier alpha value is -2.17. The van der Waals surface area contributed by atoms with E-state index < -0.39 is 11.7 Å². The van der Waals surface area contributed by atoms with Gasteiger partial charge >= 0.3 is 5.91 Å². The van der Waals surface area contributed by atoms with Crippen LogP contribution in [0, 0.1) is 0 Å². The molecule has 0 aromatic heterocycles. The second-order valence-electron chi connectivity index (χ2n) is 5.70. The highest BCUT2D eigenvalue weighted by Gasteiger charge is 2.34. The lowest BCUT2D eigenvalue weighted by Crippen LogP contribution is -2.28. The van der Waals surface area contributed by atoms with Crippen molar-refractivity contribution >= 4 is 17.4 Å². The van der Waals surface area contributed by atoms with Crippen LogP contribution in [0.1, 0.15) is 51.0 Å². The minimum Gasteiger partial charge on any atom is -0.497 e. The minimum absolute atomic E-state index is 0.226. The van der Waals surface area contributed by atoms with Crippen LogP contribution in [-0.4, -0.2) is 36.1 Å². The van der Waals surface area contributed by atoms with Crippen molar-refractivity contribution in [2.24, 2.45) is 5.10 Å². The smallest absolute Gasteiger partial charge is 0.316 e. The molecule has 0 saturated carbocycles. The van der Waals surface area contributed by atoms with Crippen LogP contribution in [-0.2, 0) is 9.59 Å². The van der Waals surface area contributed by atoms with Gasteiger partial charge in [-0.3, -0.25) is 9.59 Å². The largest absolute Gasteiger partial charge is 0.497 e. The number of benzene rings is 1. The maximum atomic E-state index is 12.1. The fourth-order valence-corrected chi connectivity index (χ4v) is 2.56. The average molecular weight is 316 g/mol. The van der Waals surface area contributed by atoms with Gasteiger partial charge in [-0.25, -0.2) is 5.01 Å². The van der Waals surface area contributed by atoms with Crippen LogP contribution >= 0.6 is 0 Å². The molecule has 2 rings (SSSR count). The van der Waals surface area contributed by atoms with Crippen LogP contribution in [0.2, 0.25) is 0 Å². The van der Waals surface area contributed by atoms with E-state index in [2.05, 4.69) is 12.0 Å². The summed E-state index contributed by atoms with van der Waals surface area (Å²) in [5.74, 6) is -0.347. The fourth-order valence-electron chi connectivity index (χ4n) is 2.56. The van der Waals surface area contributed by atoms with Crippen molar-refractivity contribution in [3.8, 4) is 5.75 Å². The summed E-state index contributed by atoms with van der Waals surface area (Å²) in [7, 11) is 1.58. The molecule has 0 N–H and O–H groups in total. The number of methoxy groups -OCH3 is 1. The summed E-state index contributed by atoms with van der Waals surface area (Å²) in [6.45, 7) is 2.69. The standard InChI is InChI=1S/C18H24N2O3/c1-3-4-5-6-7-8-13-20-18(22)17(21)16(19-20)14-9-11-15(23-2)12-10-14/h9-12H,3-8,13H2,1-2H3. The minimum atomic E-state index is -0.527. The molecule has 0 radical (unpaired) electrons. The first-order valence-electron chi connectivity index (χ1n) is 8.26. The molecule has 1 heterocycles. The summed E-state index contributed by atoms with van der Waals surface area (Å²) in [5, 5.41) is 5.53. The van der Waals surface area contributed by atoms with Crippen molar-refractivity contribution in [1.82, 2.24) is 5.01 Å². The van der Waals surface area contributed by atoms with Gasteiger partial charge in [0.1, 0.15) is 11.5 Å². The van der Waals surface area contributed by atoms with E-state index in [-0.39, 0.29) is 5.71 Å². The van der Waals surface area contributed by atoms with Crippen molar-refractivity contribution in [2.75, 3.05) is 13.7 Å². The molecule has 0 atom stereocenters. The van der Waals surface area contributed by atoms with E-state index in [0.29, 0.717) is 17.9 Å². The monoisotopic (exact) mass is 316 g/mol. The Bertz CT molecular complexity index is 578. The summed E-state index contributed by atoms with van der Waals surface area (Å²) in [6.07, 6.45) is 6.80.